The number of carbonyl (C=O) groups excluding carboxylic acids is 2. The summed E-state index contributed by atoms with van der Waals surface area (Å²) in [6.45, 7) is 1.72. The van der Waals surface area contributed by atoms with Gasteiger partial charge in [0.25, 0.3) is 0 Å². The van der Waals surface area contributed by atoms with E-state index in [-0.39, 0.29) is 23.9 Å². The maximum Gasteiger partial charge on any atom is 0.310 e. The van der Waals surface area contributed by atoms with E-state index >= 15 is 0 Å². The largest absolute Gasteiger partial charge is 0.452 e. The Kier molecular flexibility index (Phi) is 4.57. The van der Waals surface area contributed by atoms with E-state index in [2.05, 4.69) is 0 Å². The van der Waals surface area contributed by atoms with Crippen molar-refractivity contribution in [2.24, 2.45) is 0 Å². The highest BCUT2D eigenvalue weighted by atomic mass is 16.5. The van der Waals surface area contributed by atoms with Crippen molar-refractivity contribution in [3.63, 3.8) is 0 Å². The summed E-state index contributed by atoms with van der Waals surface area (Å²) in [6, 6.07) is 12.6. The Morgan fingerprint density at radius 3 is 2.52 bits per heavy atom. The fourth-order valence-electron chi connectivity index (χ4n) is 2.45. The number of esters is 1. The Bertz CT molecular complexity index is 850. The molecule has 1 heterocycles. The van der Waals surface area contributed by atoms with Crippen molar-refractivity contribution in [2.75, 3.05) is 19.0 Å². The van der Waals surface area contributed by atoms with E-state index in [1.54, 1.807) is 31.2 Å². The summed E-state index contributed by atoms with van der Waals surface area (Å²) >= 11 is 0. The van der Waals surface area contributed by atoms with Crippen molar-refractivity contribution in [3.05, 3.63) is 59.4 Å². The maximum atomic E-state index is 12.5. The predicted molar refractivity (Wildman–Crippen MR) is 96.1 cm³/mol. The fraction of sp³-hybridized carbons (Fsp3) is 0.200. The highest BCUT2D eigenvalue weighted by Gasteiger charge is 2.27. The van der Waals surface area contributed by atoms with E-state index in [1.165, 1.54) is 0 Å². The summed E-state index contributed by atoms with van der Waals surface area (Å²) in [5, 5.41) is 0. The lowest BCUT2D eigenvalue weighted by atomic mass is 10.1. The van der Waals surface area contributed by atoms with Gasteiger partial charge in [0.1, 0.15) is 11.5 Å². The third kappa shape index (κ3) is 3.55. The van der Waals surface area contributed by atoms with E-state index in [4.69, 9.17) is 9.47 Å². The first kappa shape index (κ1) is 16.8. The van der Waals surface area contributed by atoms with Gasteiger partial charge in [-0.2, -0.15) is 0 Å². The number of rotatable bonds is 4. The maximum absolute atomic E-state index is 12.5. The molecule has 128 valence electrons. The van der Waals surface area contributed by atoms with Crippen molar-refractivity contribution in [3.8, 4) is 11.5 Å². The molecule has 0 aliphatic carbocycles. The molecule has 0 saturated heterocycles. The highest BCUT2D eigenvalue weighted by molar-refractivity contribution is 6.14. The van der Waals surface area contributed by atoms with Crippen LogP contribution in [0.5, 0.6) is 11.5 Å². The number of allylic oxidation sites excluding steroid dienone is 1. The minimum atomic E-state index is -0.332. The Morgan fingerprint density at radius 1 is 1.16 bits per heavy atom. The molecule has 0 unspecified atom stereocenters. The summed E-state index contributed by atoms with van der Waals surface area (Å²) in [4.78, 5) is 25.8. The van der Waals surface area contributed by atoms with Crippen molar-refractivity contribution in [1.82, 2.24) is 0 Å². The quantitative estimate of drug-likeness (QED) is 0.484. The van der Waals surface area contributed by atoms with Gasteiger partial charge in [-0.15, -0.1) is 0 Å². The summed E-state index contributed by atoms with van der Waals surface area (Å²) < 4.78 is 10.8. The van der Waals surface area contributed by atoms with E-state index in [0.717, 1.165) is 11.3 Å². The van der Waals surface area contributed by atoms with Gasteiger partial charge >= 0.3 is 5.97 Å². The SMILES string of the molecule is CCC(=O)Oc1ccc2c(c1)O/C(=C\c1ccc(N(C)C)cc1)C2=O. The molecule has 0 spiro atoms. The minimum absolute atomic E-state index is 0.181. The third-order valence-electron chi connectivity index (χ3n) is 3.87. The van der Waals surface area contributed by atoms with Crippen LogP contribution in [-0.2, 0) is 4.79 Å². The second kappa shape index (κ2) is 6.81. The Morgan fingerprint density at radius 2 is 1.88 bits per heavy atom. The third-order valence-corrected chi connectivity index (χ3v) is 3.87. The molecule has 1 aliphatic heterocycles. The van der Waals surface area contributed by atoms with Gasteiger partial charge in [0, 0.05) is 32.3 Å². The topological polar surface area (TPSA) is 55.8 Å². The van der Waals surface area contributed by atoms with Gasteiger partial charge in [-0.3, -0.25) is 9.59 Å². The number of fused-ring (bicyclic) bond motifs is 1. The molecule has 0 amide bonds. The molecular weight excluding hydrogens is 318 g/mol. The summed E-state index contributed by atoms with van der Waals surface area (Å²) in [6.07, 6.45) is 1.99. The number of carbonyl (C=O) groups is 2. The molecule has 0 bridgehead atoms. The lowest BCUT2D eigenvalue weighted by molar-refractivity contribution is -0.134. The van der Waals surface area contributed by atoms with Gasteiger partial charge in [-0.25, -0.2) is 0 Å². The Hall–Kier alpha value is -3.08. The first-order chi connectivity index (χ1) is 12.0. The molecule has 25 heavy (non-hydrogen) atoms. The molecule has 0 radical (unpaired) electrons. The zero-order valence-electron chi connectivity index (χ0n) is 14.4. The van der Waals surface area contributed by atoms with E-state index in [9.17, 15) is 9.59 Å². The lowest BCUT2D eigenvalue weighted by Crippen LogP contribution is -2.08. The molecule has 0 N–H and O–H groups in total. The lowest BCUT2D eigenvalue weighted by Gasteiger charge is -2.11. The summed E-state index contributed by atoms with van der Waals surface area (Å²) in [7, 11) is 3.94. The Balaban J connectivity index is 1.83. The number of nitrogens with zero attached hydrogens (tertiary/aromatic N) is 1. The van der Waals surface area contributed by atoms with E-state index in [0.29, 0.717) is 17.1 Å². The first-order valence-electron chi connectivity index (χ1n) is 8.04. The molecule has 5 heteroatoms. The van der Waals surface area contributed by atoms with Gasteiger partial charge in [0.05, 0.1) is 5.56 Å². The molecule has 0 saturated carbocycles. The normalized spacial score (nSPS) is 14.2. The van der Waals surface area contributed by atoms with Crippen LogP contribution in [-0.4, -0.2) is 25.8 Å². The number of ether oxygens (including phenoxy) is 2. The Labute approximate surface area is 146 Å². The molecule has 2 aromatic carbocycles. The predicted octanol–water partition coefficient (Wildman–Crippen LogP) is 3.68. The standard InChI is InChI=1S/C20H19NO4/c1-4-19(22)24-15-9-10-16-17(12-15)25-18(20(16)23)11-13-5-7-14(8-6-13)21(2)3/h5-12H,4H2,1-3H3/b18-11-. The summed E-state index contributed by atoms with van der Waals surface area (Å²) in [5.41, 5.74) is 2.42. The zero-order valence-corrected chi connectivity index (χ0v) is 14.4. The van der Waals surface area contributed by atoms with Crippen molar-refractivity contribution < 1.29 is 19.1 Å². The van der Waals surface area contributed by atoms with E-state index < -0.39 is 0 Å². The average Bonchev–Trinajstić information content (AvgIpc) is 2.90. The molecule has 0 fully saturated rings. The van der Waals surface area contributed by atoms with E-state index in [1.807, 2.05) is 43.3 Å². The van der Waals surface area contributed by atoms with Gasteiger partial charge in [0.15, 0.2) is 5.76 Å². The van der Waals surface area contributed by atoms with Gasteiger partial charge in [0.2, 0.25) is 5.78 Å². The van der Waals surface area contributed by atoms with Gasteiger partial charge in [-0.1, -0.05) is 19.1 Å². The molecule has 2 aromatic rings. The van der Waals surface area contributed by atoms with Crippen LogP contribution in [0.2, 0.25) is 0 Å². The van der Waals surface area contributed by atoms with Crippen LogP contribution in [0.25, 0.3) is 6.08 Å². The van der Waals surface area contributed by atoms with Crippen molar-refractivity contribution in [2.45, 2.75) is 13.3 Å². The number of hydrogen-bond donors (Lipinski definition) is 0. The van der Waals surface area contributed by atoms with Crippen LogP contribution in [0.3, 0.4) is 0 Å². The number of Topliss-reactive ketones (excluding diaryl/α,β-unsaturated/α-hetero) is 1. The molecule has 1 aliphatic rings. The molecular formula is C20H19NO4. The van der Waals surface area contributed by atoms with Crippen LogP contribution in [0.15, 0.2) is 48.2 Å². The number of ketones is 1. The van der Waals surface area contributed by atoms with Gasteiger partial charge in [-0.05, 0) is 35.9 Å². The monoisotopic (exact) mass is 337 g/mol. The van der Waals surface area contributed by atoms with Gasteiger partial charge < -0.3 is 14.4 Å². The number of anilines is 1. The molecule has 0 aromatic heterocycles. The number of benzene rings is 2. The first-order valence-corrected chi connectivity index (χ1v) is 8.04. The van der Waals surface area contributed by atoms with Crippen LogP contribution in [0, 0.1) is 0 Å². The second-order valence-electron chi connectivity index (χ2n) is 5.91. The van der Waals surface area contributed by atoms with Crippen LogP contribution in [0.4, 0.5) is 5.69 Å². The molecule has 3 rings (SSSR count). The number of hydrogen-bond acceptors (Lipinski definition) is 5. The smallest absolute Gasteiger partial charge is 0.310 e. The van der Waals surface area contributed by atoms with Crippen LogP contribution < -0.4 is 14.4 Å². The van der Waals surface area contributed by atoms with Crippen molar-refractivity contribution in [1.29, 1.82) is 0 Å². The highest BCUT2D eigenvalue weighted by Crippen LogP contribution is 2.35. The minimum Gasteiger partial charge on any atom is -0.452 e. The van der Waals surface area contributed by atoms with Crippen LogP contribution >= 0.6 is 0 Å². The average molecular weight is 337 g/mol. The zero-order chi connectivity index (χ0) is 18.0. The fourth-order valence-corrected chi connectivity index (χ4v) is 2.45. The van der Waals surface area contributed by atoms with Crippen molar-refractivity contribution >= 4 is 23.5 Å². The second-order valence-corrected chi connectivity index (χ2v) is 5.91. The molecule has 0 atom stereocenters. The van der Waals surface area contributed by atoms with Crippen LogP contribution in [0.1, 0.15) is 29.3 Å². The molecule has 5 nitrogen and oxygen atoms in total. The summed E-state index contributed by atoms with van der Waals surface area (Å²) in [5.74, 6) is 0.519.